The highest BCUT2D eigenvalue weighted by Crippen LogP contribution is 2.68. The first-order chi connectivity index (χ1) is 16.4. The van der Waals surface area contributed by atoms with Crippen LogP contribution in [-0.2, 0) is 13.9 Å². The average Bonchev–Trinajstić information content (AvgIpc) is 3.03. The highest BCUT2D eigenvalue weighted by Gasteiger charge is 2.66. The Morgan fingerprint density at radius 3 is 2.42 bits per heavy atom. The van der Waals surface area contributed by atoms with Crippen LogP contribution in [0, 0.1) is 34.5 Å². The number of rotatable bonds is 7. The molecule has 9 heteroatoms. The standard InChI is InChI=1S/C27H45O8P/c1-16(22(28)9-10-24(2,3)30)18-8-13-27(31)20-15-23(29)21-14-17(35-36(32,33)34)6-11-25(21,4)19(20)7-12-26(18,27)5/h15-19,21-22,28,30-31H,6-14H2,1-5H3,(H2,32,33,34). The van der Waals surface area contributed by atoms with Gasteiger partial charge in [0.15, 0.2) is 5.78 Å². The number of ketones is 1. The number of fused-ring (bicyclic) bond motifs is 5. The van der Waals surface area contributed by atoms with Gasteiger partial charge in [0, 0.05) is 11.3 Å². The molecule has 3 fully saturated rings. The van der Waals surface area contributed by atoms with Crippen LogP contribution in [0.3, 0.4) is 0 Å². The van der Waals surface area contributed by atoms with Crippen LogP contribution >= 0.6 is 7.82 Å². The number of phosphoric ester groups is 1. The van der Waals surface area contributed by atoms with Gasteiger partial charge in [-0.05, 0) is 106 Å². The molecule has 5 N–H and O–H groups in total. The lowest BCUT2D eigenvalue weighted by atomic mass is 9.46. The van der Waals surface area contributed by atoms with E-state index in [9.17, 15) is 34.5 Å². The van der Waals surface area contributed by atoms with Crippen LogP contribution in [0.4, 0.5) is 0 Å². The van der Waals surface area contributed by atoms with Crippen molar-refractivity contribution in [3.05, 3.63) is 11.6 Å². The van der Waals surface area contributed by atoms with Gasteiger partial charge in [0.1, 0.15) is 0 Å². The minimum absolute atomic E-state index is 0.0310. The number of carbonyl (C=O) groups excluding carboxylic acids is 1. The monoisotopic (exact) mass is 528 g/mol. The van der Waals surface area contributed by atoms with E-state index in [1.807, 2.05) is 6.92 Å². The molecule has 0 spiro atoms. The van der Waals surface area contributed by atoms with Crippen LogP contribution in [0.5, 0.6) is 0 Å². The van der Waals surface area contributed by atoms with Gasteiger partial charge in [-0.25, -0.2) is 4.57 Å². The topological polar surface area (TPSA) is 145 Å². The van der Waals surface area contributed by atoms with Gasteiger partial charge >= 0.3 is 7.82 Å². The molecule has 4 aliphatic rings. The van der Waals surface area contributed by atoms with Crippen molar-refractivity contribution in [3.63, 3.8) is 0 Å². The molecule has 0 aromatic rings. The largest absolute Gasteiger partial charge is 0.469 e. The van der Waals surface area contributed by atoms with Crippen molar-refractivity contribution in [2.45, 2.75) is 116 Å². The third kappa shape index (κ3) is 4.81. The summed E-state index contributed by atoms with van der Waals surface area (Å²) in [6.45, 7) is 9.75. The minimum atomic E-state index is -4.63. The summed E-state index contributed by atoms with van der Waals surface area (Å²) >= 11 is 0. The van der Waals surface area contributed by atoms with Gasteiger partial charge in [0.2, 0.25) is 0 Å². The summed E-state index contributed by atoms with van der Waals surface area (Å²) in [5.41, 5.74) is -1.98. The van der Waals surface area contributed by atoms with Gasteiger partial charge in [-0.3, -0.25) is 9.32 Å². The number of carbonyl (C=O) groups is 1. The summed E-state index contributed by atoms with van der Waals surface area (Å²) in [5.74, 6) is -0.393. The lowest BCUT2D eigenvalue weighted by Crippen LogP contribution is -2.59. The molecule has 206 valence electrons. The summed E-state index contributed by atoms with van der Waals surface area (Å²) in [4.78, 5) is 32.0. The molecule has 0 radical (unpaired) electrons. The zero-order chi connectivity index (χ0) is 26.9. The first kappa shape index (κ1) is 28.4. The van der Waals surface area contributed by atoms with Crippen molar-refractivity contribution in [2.24, 2.45) is 34.5 Å². The molecule has 0 aromatic heterocycles. The molecule has 0 saturated heterocycles. The second kappa shape index (κ2) is 9.25. The van der Waals surface area contributed by atoms with Crippen LogP contribution < -0.4 is 0 Å². The average molecular weight is 529 g/mol. The maximum atomic E-state index is 13.4. The third-order valence-electron chi connectivity index (χ3n) is 10.7. The molecule has 4 rings (SSSR count). The Balaban J connectivity index is 1.58. The van der Waals surface area contributed by atoms with E-state index in [1.165, 1.54) is 0 Å². The maximum absolute atomic E-state index is 13.4. The van der Waals surface area contributed by atoms with Gasteiger partial charge in [0.25, 0.3) is 0 Å². The molecular weight excluding hydrogens is 483 g/mol. The van der Waals surface area contributed by atoms with Gasteiger partial charge in [-0.2, -0.15) is 0 Å². The van der Waals surface area contributed by atoms with E-state index in [1.54, 1.807) is 19.9 Å². The van der Waals surface area contributed by atoms with Crippen molar-refractivity contribution in [2.75, 3.05) is 0 Å². The van der Waals surface area contributed by atoms with Crippen LogP contribution in [0.25, 0.3) is 0 Å². The number of hydrogen-bond donors (Lipinski definition) is 5. The lowest BCUT2D eigenvalue weighted by molar-refractivity contribution is -0.142. The number of aliphatic hydroxyl groups excluding tert-OH is 1. The van der Waals surface area contributed by atoms with Crippen LogP contribution in [0.2, 0.25) is 0 Å². The number of allylic oxidation sites excluding steroid dienone is 1. The molecule has 0 aromatic carbocycles. The zero-order valence-corrected chi connectivity index (χ0v) is 23.2. The Labute approximate surface area is 214 Å². The van der Waals surface area contributed by atoms with Crippen LogP contribution in [0.1, 0.15) is 92.4 Å². The molecule has 0 bridgehead atoms. The summed E-state index contributed by atoms with van der Waals surface area (Å²) in [6.07, 6.45) is 5.72. The highest BCUT2D eigenvalue weighted by molar-refractivity contribution is 7.46. The molecular formula is C27H45O8P. The fraction of sp³-hybridized carbons (Fsp3) is 0.889. The van der Waals surface area contributed by atoms with Crippen molar-refractivity contribution >= 4 is 13.6 Å². The third-order valence-corrected chi connectivity index (χ3v) is 11.3. The summed E-state index contributed by atoms with van der Waals surface area (Å²) in [6, 6.07) is 0. The van der Waals surface area contributed by atoms with E-state index < -0.39 is 36.6 Å². The first-order valence-corrected chi connectivity index (χ1v) is 15.1. The Morgan fingerprint density at radius 1 is 1.14 bits per heavy atom. The summed E-state index contributed by atoms with van der Waals surface area (Å²) < 4.78 is 16.4. The van der Waals surface area contributed by atoms with Crippen LogP contribution in [-0.4, -0.2) is 54.3 Å². The molecule has 9 atom stereocenters. The SMILES string of the molecule is CC(C(O)CCC(C)(C)O)C1CCC2(O)C3=CC(=O)C4CC(OP(=O)(O)O)CCC4(C)C3CCC12C. The quantitative estimate of drug-likeness (QED) is 0.313. The lowest BCUT2D eigenvalue weighted by Gasteiger charge is -2.60. The van der Waals surface area contributed by atoms with E-state index in [-0.39, 0.29) is 41.3 Å². The van der Waals surface area contributed by atoms with E-state index >= 15 is 0 Å². The highest BCUT2D eigenvalue weighted by atomic mass is 31.2. The van der Waals surface area contributed by atoms with Gasteiger partial charge in [-0.15, -0.1) is 0 Å². The molecule has 3 saturated carbocycles. The Kier molecular flexibility index (Phi) is 7.30. The second-order valence-corrected chi connectivity index (χ2v) is 14.5. The molecule has 0 heterocycles. The molecule has 4 aliphatic carbocycles. The Hall–Kier alpha value is -0.600. The normalized spacial score (nSPS) is 42.7. The molecule has 9 unspecified atom stereocenters. The first-order valence-electron chi connectivity index (χ1n) is 13.5. The fourth-order valence-electron chi connectivity index (χ4n) is 8.51. The number of hydrogen-bond acceptors (Lipinski definition) is 6. The number of aliphatic hydroxyl groups is 3. The summed E-state index contributed by atoms with van der Waals surface area (Å²) in [7, 11) is -4.63. The predicted molar refractivity (Wildman–Crippen MR) is 135 cm³/mol. The molecule has 36 heavy (non-hydrogen) atoms. The van der Waals surface area contributed by atoms with E-state index in [4.69, 9.17) is 4.52 Å². The van der Waals surface area contributed by atoms with Crippen molar-refractivity contribution in [3.8, 4) is 0 Å². The Morgan fingerprint density at radius 2 is 1.81 bits per heavy atom. The summed E-state index contributed by atoms with van der Waals surface area (Å²) in [5, 5.41) is 33.4. The minimum Gasteiger partial charge on any atom is -0.393 e. The van der Waals surface area contributed by atoms with Gasteiger partial charge < -0.3 is 25.1 Å². The van der Waals surface area contributed by atoms with E-state index in [2.05, 4.69) is 13.8 Å². The van der Waals surface area contributed by atoms with Gasteiger partial charge in [-0.1, -0.05) is 20.8 Å². The zero-order valence-electron chi connectivity index (χ0n) is 22.3. The van der Waals surface area contributed by atoms with Crippen molar-refractivity contribution < 1.29 is 39.0 Å². The Bertz CT molecular complexity index is 952. The van der Waals surface area contributed by atoms with Crippen molar-refractivity contribution in [1.82, 2.24) is 0 Å². The number of phosphoric acid groups is 1. The molecule has 0 aliphatic heterocycles. The molecule has 0 amide bonds. The van der Waals surface area contributed by atoms with Gasteiger partial charge in [0.05, 0.1) is 23.4 Å². The van der Waals surface area contributed by atoms with E-state index in [0.29, 0.717) is 32.1 Å². The smallest absolute Gasteiger partial charge is 0.393 e. The maximum Gasteiger partial charge on any atom is 0.469 e. The predicted octanol–water partition coefficient (Wildman–Crippen LogP) is 3.89. The fourth-order valence-corrected chi connectivity index (χ4v) is 9.09. The molecule has 8 nitrogen and oxygen atoms in total. The van der Waals surface area contributed by atoms with E-state index in [0.717, 1.165) is 24.8 Å². The second-order valence-electron chi connectivity index (χ2n) is 13.3. The van der Waals surface area contributed by atoms with Crippen LogP contribution in [0.15, 0.2) is 11.6 Å². The van der Waals surface area contributed by atoms with Crippen molar-refractivity contribution in [1.29, 1.82) is 0 Å².